The molecule has 0 radical (unpaired) electrons. The first-order chi connectivity index (χ1) is 11.7. The minimum atomic E-state index is -0.780. The quantitative estimate of drug-likeness (QED) is 0.739. The van der Waals surface area contributed by atoms with Crippen LogP contribution in [0.5, 0.6) is 5.75 Å². The van der Waals surface area contributed by atoms with Gasteiger partial charge in [0.15, 0.2) is 5.78 Å². The van der Waals surface area contributed by atoms with Gasteiger partial charge in [-0.15, -0.1) is 0 Å². The van der Waals surface area contributed by atoms with Crippen LogP contribution in [0.3, 0.4) is 0 Å². The summed E-state index contributed by atoms with van der Waals surface area (Å²) in [6.07, 6.45) is 0. The van der Waals surface area contributed by atoms with Gasteiger partial charge in [0.05, 0.1) is 12.6 Å². The normalized spacial score (nSPS) is 11.4. The van der Waals surface area contributed by atoms with Crippen molar-refractivity contribution < 1.29 is 28.7 Å². The summed E-state index contributed by atoms with van der Waals surface area (Å²) in [4.78, 5) is 46.5. The monoisotopic (exact) mass is 367 g/mol. The highest BCUT2D eigenvalue weighted by Gasteiger charge is 2.20. The van der Waals surface area contributed by atoms with Gasteiger partial charge >= 0.3 is 11.3 Å². The standard InChI is InChI=1S/C17H21NO6S/c1-5-23-16(21)13-7-6-10(2)8-15(13)24-17(22)25-9-14(11(3)19)18-12(4)20/h6-8,14H,5,9H2,1-4H3,(H,18,20)/t14-/m0/s1. The lowest BCUT2D eigenvalue weighted by atomic mass is 10.1. The number of thioether (sulfide) groups is 1. The van der Waals surface area contributed by atoms with Crippen LogP contribution in [0.25, 0.3) is 0 Å². The summed E-state index contributed by atoms with van der Waals surface area (Å²) in [5, 5.41) is 1.78. The second-order valence-electron chi connectivity index (χ2n) is 5.25. The van der Waals surface area contributed by atoms with Crippen LogP contribution in [0, 0.1) is 6.92 Å². The molecule has 1 N–H and O–H groups in total. The van der Waals surface area contributed by atoms with E-state index in [0.717, 1.165) is 17.3 Å². The molecule has 8 heteroatoms. The van der Waals surface area contributed by atoms with Crippen molar-refractivity contribution in [3.63, 3.8) is 0 Å². The van der Waals surface area contributed by atoms with Gasteiger partial charge in [-0.3, -0.25) is 9.59 Å². The first-order valence-corrected chi connectivity index (χ1v) is 8.63. The fraction of sp³-hybridized carbons (Fsp3) is 0.412. The number of ether oxygens (including phenoxy) is 2. The van der Waals surface area contributed by atoms with E-state index >= 15 is 0 Å². The molecule has 0 aliphatic heterocycles. The highest BCUT2D eigenvalue weighted by molar-refractivity contribution is 8.13. The Hall–Kier alpha value is -2.35. The maximum Gasteiger partial charge on any atom is 0.372 e. The molecule has 1 atom stereocenters. The Bertz CT molecular complexity index is 673. The number of hydrogen-bond donors (Lipinski definition) is 1. The fourth-order valence-electron chi connectivity index (χ4n) is 1.87. The second kappa shape index (κ2) is 9.83. The van der Waals surface area contributed by atoms with E-state index in [2.05, 4.69) is 5.32 Å². The Morgan fingerprint density at radius 3 is 2.44 bits per heavy atom. The van der Waals surface area contributed by atoms with Gasteiger partial charge in [-0.25, -0.2) is 9.59 Å². The maximum absolute atomic E-state index is 12.0. The molecule has 1 amide bonds. The van der Waals surface area contributed by atoms with Crippen LogP contribution >= 0.6 is 11.8 Å². The zero-order chi connectivity index (χ0) is 19.0. The Balaban J connectivity index is 2.79. The van der Waals surface area contributed by atoms with Crippen molar-refractivity contribution >= 4 is 34.7 Å². The van der Waals surface area contributed by atoms with Gasteiger partial charge in [0, 0.05) is 12.7 Å². The maximum atomic E-state index is 12.0. The van der Waals surface area contributed by atoms with Gasteiger partial charge < -0.3 is 14.8 Å². The number of hydrogen-bond acceptors (Lipinski definition) is 7. The van der Waals surface area contributed by atoms with Crippen LogP contribution in [0.1, 0.15) is 36.7 Å². The number of Topliss-reactive ketones (excluding diaryl/α,β-unsaturated/α-hetero) is 1. The number of nitrogens with one attached hydrogen (secondary N) is 1. The topological polar surface area (TPSA) is 98.8 Å². The summed E-state index contributed by atoms with van der Waals surface area (Å²) in [6, 6.07) is 4.01. The molecule has 0 aromatic heterocycles. The zero-order valence-corrected chi connectivity index (χ0v) is 15.4. The van der Waals surface area contributed by atoms with Crippen LogP contribution in [-0.2, 0) is 14.3 Å². The third-order valence-electron chi connectivity index (χ3n) is 3.06. The van der Waals surface area contributed by atoms with Crippen molar-refractivity contribution in [2.45, 2.75) is 33.7 Å². The lowest BCUT2D eigenvalue weighted by Crippen LogP contribution is -2.40. The summed E-state index contributed by atoms with van der Waals surface area (Å²) in [5.74, 6) is -1.09. The van der Waals surface area contributed by atoms with E-state index in [0.29, 0.717) is 0 Å². The molecule has 0 aliphatic rings. The fourth-order valence-corrected chi connectivity index (χ4v) is 2.64. The molecule has 0 bridgehead atoms. The van der Waals surface area contributed by atoms with E-state index in [4.69, 9.17) is 9.47 Å². The molecule has 25 heavy (non-hydrogen) atoms. The third kappa shape index (κ3) is 6.96. The van der Waals surface area contributed by atoms with Gasteiger partial charge in [0.25, 0.3) is 0 Å². The molecule has 0 aliphatic carbocycles. The average molecular weight is 367 g/mol. The van der Waals surface area contributed by atoms with Crippen molar-refractivity contribution in [3.05, 3.63) is 29.3 Å². The molecule has 1 aromatic rings. The van der Waals surface area contributed by atoms with Crippen LogP contribution < -0.4 is 10.1 Å². The van der Waals surface area contributed by atoms with E-state index in [-0.39, 0.29) is 35.4 Å². The Morgan fingerprint density at radius 1 is 1.20 bits per heavy atom. The van der Waals surface area contributed by atoms with Gasteiger partial charge in [-0.1, -0.05) is 6.07 Å². The molecular weight excluding hydrogens is 346 g/mol. The number of ketones is 1. The van der Waals surface area contributed by atoms with Crippen LogP contribution in [0.15, 0.2) is 18.2 Å². The van der Waals surface area contributed by atoms with E-state index in [1.54, 1.807) is 26.0 Å². The van der Waals surface area contributed by atoms with E-state index in [9.17, 15) is 19.2 Å². The largest absolute Gasteiger partial charge is 0.462 e. The highest BCUT2D eigenvalue weighted by atomic mass is 32.2. The van der Waals surface area contributed by atoms with E-state index in [1.807, 2.05) is 0 Å². The number of benzene rings is 1. The van der Waals surface area contributed by atoms with Crippen LogP contribution in [0.4, 0.5) is 4.79 Å². The number of amides is 1. The highest BCUT2D eigenvalue weighted by Crippen LogP contribution is 2.23. The van der Waals surface area contributed by atoms with Gasteiger partial charge in [0.1, 0.15) is 11.3 Å². The molecule has 1 aromatic carbocycles. The molecule has 0 fully saturated rings. The SMILES string of the molecule is CCOC(=O)c1ccc(C)cc1OC(=O)SC[C@H](NC(C)=O)C(C)=O. The second-order valence-corrected chi connectivity index (χ2v) is 6.20. The lowest BCUT2D eigenvalue weighted by molar-refractivity contribution is -0.125. The van der Waals surface area contributed by atoms with Crippen molar-refractivity contribution in [2.24, 2.45) is 0 Å². The number of esters is 1. The lowest BCUT2D eigenvalue weighted by Gasteiger charge is -2.14. The van der Waals surface area contributed by atoms with Crippen molar-refractivity contribution in [2.75, 3.05) is 12.4 Å². The first-order valence-electron chi connectivity index (χ1n) is 7.64. The van der Waals surface area contributed by atoms with Crippen LogP contribution in [0.2, 0.25) is 0 Å². The Kier molecular flexibility index (Phi) is 8.13. The molecule has 7 nitrogen and oxygen atoms in total. The predicted octanol–water partition coefficient (Wildman–Crippen LogP) is 2.50. The predicted molar refractivity (Wildman–Crippen MR) is 93.9 cm³/mol. The third-order valence-corrected chi connectivity index (χ3v) is 3.88. The molecule has 0 unspecified atom stereocenters. The van der Waals surface area contributed by atoms with Crippen molar-refractivity contribution in [1.29, 1.82) is 0 Å². The Labute approximate surface area is 150 Å². The minimum absolute atomic E-state index is 0.0360. The van der Waals surface area contributed by atoms with Gasteiger partial charge in [-0.05, 0) is 50.2 Å². The molecule has 0 heterocycles. The number of carbonyl (C=O) groups excluding carboxylic acids is 4. The number of aryl methyl sites for hydroxylation is 1. The molecular formula is C17H21NO6S. The zero-order valence-electron chi connectivity index (χ0n) is 14.6. The van der Waals surface area contributed by atoms with Crippen LogP contribution in [-0.4, -0.2) is 41.4 Å². The molecule has 0 saturated carbocycles. The van der Waals surface area contributed by atoms with Gasteiger partial charge in [0.2, 0.25) is 5.91 Å². The van der Waals surface area contributed by atoms with Crippen molar-refractivity contribution in [1.82, 2.24) is 5.32 Å². The summed E-state index contributed by atoms with van der Waals surface area (Å²) in [6.45, 7) is 6.29. The Morgan fingerprint density at radius 2 is 1.88 bits per heavy atom. The summed E-state index contributed by atoms with van der Waals surface area (Å²) < 4.78 is 10.2. The average Bonchev–Trinajstić information content (AvgIpc) is 2.51. The summed E-state index contributed by atoms with van der Waals surface area (Å²) in [7, 11) is 0. The number of rotatable bonds is 7. The van der Waals surface area contributed by atoms with Gasteiger partial charge in [-0.2, -0.15) is 0 Å². The summed E-state index contributed by atoms with van der Waals surface area (Å²) >= 11 is 0.741. The first kappa shape index (κ1) is 20.7. The smallest absolute Gasteiger partial charge is 0.372 e. The molecule has 1 rings (SSSR count). The summed E-state index contributed by atoms with van der Waals surface area (Å²) in [5.41, 5.74) is 0.951. The van der Waals surface area contributed by atoms with E-state index in [1.165, 1.54) is 19.9 Å². The molecule has 0 saturated heterocycles. The van der Waals surface area contributed by atoms with E-state index < -0.39 is 17.3 Å². The molecule has 0 spiro atoms. The number of carbonyl (C=O) groups is 4. The van der Waals surface area contributed by atoms with Crippen molar-refractivity contribution in [3.8, 4) is 5.75 Å². The molecule has 136 valence electrons. The minimum Gasteiger partial charge on any atom is -0.462 e.